The summed E-state index contributed by atoms with van der Waals surface area (Å²) in [6.07, 6.45) is 2.60. The Morgan fingerprint density at radius 1 is 1.26 bits per heavy atom. The highest BCUT2D eigenvalue weighted by Gasteiger charge is 2.50. The quantitative estimate of drug-likeness (QED) is 0.722. The summed E-state index contributed by atoms with van der Waals surface area (Å²) < 4.78 is 5.49. The molecule has 2 atom stereocenters. The fraction of sp³-hybridized carbons (Fsp3) is 0.889. The van der Waals surface area contributed by atoms with E-state index in [0.29, 0.717) is 25.5 Å². The van der Waals surface area contributed by atoms with Crippen LogP contribution in [0.5, 0.6) is 0 Å². The van der Waals surface area contributed by atoms with E-state index in [1.54, 1.807) is 26.1 Å². The second-order valence-corrected chi connectivity index (χ2v) is 7.83. The van der Waals surface area contributed by atoms with Crippen molar-refractivity contribution in [1.29, 1.82) is 0 Å². The zero-order valence-corrected chi connectivity index (χ0v) is 15.9. The summed E-state index contributed by atoms with van der Waals surface area (Å²) in [7, 11) is 5.24. The third kappa shape index (κ3) is 4.69. The number of ether oxygens (including phenoxy) is 1. The van der Waals surface area contributed by atoms with Crippen LogP contribution in [-0.2, 0) is 14.3 Å². The van der Waals surface area contributed by atoms with Gasteiger partial charge in [-0.3, -0.25) is 9.59 Å². The fourth-order valence-corrected chi connectivity index (χ4v) is 3.49. The van der Waals surface area contributed by atoms with E-state index in [4.69, 9.17) is 4.74 Å². The van der Waals surface area contributed by atoms with Crippen LogP contribution < -0.4 is 0 Å². The average Bonchev–Trinajstić information content (AvgIpc) is 2.83. The van der Waals surface area contributed by atoms with Gasteiger partial charge in [0.15, 0.2) is 0 Å². The first-order chi connectivity index (χ1) is 10.6. The summed E-state index contributed by atoms with van der Waals surface area (Å²) >= 11 is 0. The molecule has 0 radical (unpaired) electrons. The summed E-state index contributed by atoms with van der Waals surface area (Å²) in [6, 6.07) is 0. The molecule has 1 rings (SSSR count). The van der Waals surface area contributed by atoms with E-state index in [9.17, 15) is 9.59 Å². The SMILES string of the molecule is COC[C@]1(CCC(C)C)C[C@H](C(=O)N(C)C)CN1C(=O)C(C)C. The van der Waals surface area contributed by atoms with Crippen LogP contribution in [0, 0.1) is 17.8 Å². The lowest BCUT2D eigenvalue weighted by molar-refractivity contribution is -0.141. The van der Waals surface area contributed by atoms with Gasteiger partial charge in [-0.05, 0) is 25.2 Å². The highest BCUT2D eigenvalue weighted by atomic mass is 16.5. The standard InChI is InChI=1S/C18H34N2O3/c1-13(2)8-9-18(12-23-7)10-15(17(22)19(5)6)11-20(18)16(21)14(3)4/h13-15H,8-12H2,1-7H3/t15-,18-/m0/s1. The molecule has 0 N–H and O–H groups in total. The first kappa shape index (κ1) is 19.9. The van der Waals surface area contributed by atoms with Crippen molar-refractivity contribution >= 4 is 11.8 Å². The fourth-order valence-electron chi connectivity index (χ4n) is 3.49. The van der Waals surface area contributed by atoms with Gasteiger partial charge in [0.2, 0.25) is 11.8 Å². The summed E-state index contributed by atoms with van der Waals surface area (Å²) in [4.78, 5) is 28.8. The normalized spacial score (nSPS) is 24.6. The maximum Gasteiger partial charge on any atom is 0.227 e. The molecule has 1 aliphatic heterocycles. The molecular formula is C18H34N2O3. The highest BCUT2D eigenvalue weighted by molar-refractivity contribution is 5.83. The van der Waals surface area contributed by atoms with Crippen LogP contribution in [0.3, 0.4) is 0 Å². The Kier molecular flexibility index (Phi) is 7.05. The number of nitrogens with zero attached hydrogens (tertiary/aromatic N) is 2. The molecule has 1 heterocycles. The maximum atomic E-state index is 12.8. The Balaban J connectivity index is 3.11. The summed E-state index contributed by atoms with van der Waals surface area (Å²) in [6.45, 7) is 9.22. The highest BCUT2D eigenvalue weighted by Crippen LogP contribution is 2.39. The minimum absolute atomic E-state index is 0.0708. The second-order valence-electron chi connectivity index (χ2n) is 7.83. The van der Waals surface area contributed by atoms with E-state index >= 15 is 0 Å². The number of methoxy groups -OCH3 is 1. The molecule has 1 saturated heterocycles. The third-order valence-electron chi connectivity index (χ3n) is 4.75. The van der Waals surface area contributed by atoms with Crippen molar-refractivity contribution in [3.8, 4) is 0 Å². The molecule has 23 heavy (non-hydrogen) atoms. The van der Waals surface area contributed by atoms with Gasteiger partial charge in [0.25, 0.3) is 0 Å². The first-order valence-electron chi connectivity index (χ1n) is 8.66. The lowest BCUT2D eigenvalue weighted by atomic mass is 9.85. The second kappa shape index (κ2) is 8.13. The smallest absolute Gasteiger partial charge is 0.227 e. The number of likely N-dealkylation sites (tertiary alicyclic amines) is 1. The molecule has 2 amide bonds. The van der Waals surface area contributed by atoms with Crippen molar-refractivity contribution in [3.05, 3.63) is 0 Å². The van der Waals surface area contributed by atoms with E-state index in [1.165, 1.54) is 0 Å². The van der Waals surface area contributed by atoms with Gasteiger partial charge < -0.3 is 14.5 Å². The summed E-state index contributed by atoms with van der Waals surface area (Å²) in [5.41, 5.74) is -0.350. The van der Waals surface area contributed by atoms with Crippen LogP contribution in [-0.4, -0.2) is 61.5 Å². The van der Waals surface area contributed by atoms with Crippen molar-refractivity contribution in [1.82, 2.24) is 9.80 Å². The summed E-state index contributed by atoms with van der Waals surface area (Å²) in [5, 5.41) is 0. The largest absolute Gasteiger partial charge is 0.382 e. The van der Waals surface area contributed by atoms with E-state index in [0.717, 1.165) is 12.8 Å². The molecule has 134 valence electrons. The van der Waals surface area contributed by atoms with Crippen molar-refractivity contribution < 1.29 is 14.3 Å². The van der Waals surface area contributed by atoms with E-state index in [1.807, 2.05) is 18.7 Å². The van der Waals surface area contributed by atoms with Crippen molar-refractivity contribution in [2.24, 2.45) is 17.8 Å². The predicted octanol–water partition coefficient (Wildman–Crippen LogP) is 2.40. The molecule has 1 fully saturated rings. The molecule has 0 aromatic carbocycles. The zero-order valence-electron chi connectivity index (χ0n) is 15.9. The molecule has 5 heteroatoms. The Bertz CT molecular complexity index is 420. The molecule has 0 aliphatic carbocycles. The molecule has 0 bridgehead atoms. The van der Waals surface area contributed by atoms with Gasteiger partial charge in [0.05, 0.1) is 18.1 Å². The Hall–Kier alpha value is -1.10. The van der Waals surface area contributed by atoms with E-state index in [-0.39, 0.29) is 29.2 Å². The predicted molar refractivity (Wildman–Crippen MR) is 92.0 cm³/mol. The van der Waals surface area contributed by atoms with Crippen LogP contribution in [0.4, 0.5) is 0 Å². The first-order valence-corrected chi connectivity index (χ1v) is 8.66. The maximum absolute atomic E-state index is 12.8. The van der Waals surface area contributed by atoms with Gasteiger partial charge in [-0.15, -0.1) is 0 Å². The van der Waals surface area contributed by atoms with Crippen molar-refractivity contribution in [2.45, 2.75) is 52.5 Å². The topological polar surface area (TPSA) is 49.9 Å². The molecule has 0 aromatic rings. The molecule has 1 aliphatic rings. The number of hydrogen-bond donors (Lipinski definition) is 0. The van der Waals surface area contributed by atoms with Gasteiger partial charge in [0, 0.05) is 33.7 Å². The summed E-state index contributed by atoms with van der Waals surface area (Å²) in [5.74, 6) is 0.589. The number of amides is 2. The molecule has 0 saturated carbocycles. The number of hydrogen-bond acceptors (Lipinski definition) is 3. The minimum Gasteiger partial charge on any atom is -0.382 e. The van der Waals surface area contributed by atoms with Crippen LogP contribution in [0.1, 0.15) is 47.0 Å². The number of carbonyl (C=O) groups is 2. The van der Waals surface area contributed by atoms with Crippen molar-refractivity contribution in [3.63, 3.8) is 0 Å². The Morgan fingerprint density at radius 2 is 1.87 bits per heavy atom. The zero-order chi connectivity index (χ0) is 17.8. The molecule has 0 spiro atoms. The van der Waals surface area contributed by atoms with Gasteiger partial charge in [-0.1, -0.05) is 27.7 Å². The molecular weight excluding hydrogens is 292 g/mol. The Labute approximate surface area is 141 Å². The van der Waals surface area contributed by atoms with E-state index < -0.39 is 0 Å². The van der Waals surface area contributed by atoms with Crippen LogP contribution in [0.25, 0.3) is 0 Å². The van der Waals surface area contributed by atoms with Crippen LogP contribution >= 0.6 is 0 Å². The molecule has 5 nitrogen and oxygen atoms in total. The monoisotopic (exact) mass is 326 g/mol. The van der Waals surface area contributed by atoms with Gasteiger partial charge >= 0.3 is 0 Å². The average molecular weight is 326 g/mol. The molecule has 0 aromatic heterocycles. The Morgan fingerprint density at radius 3 is 2.30 bits per heavy atom. The van der Waals surface area contributed by atoms with Crippen molar-refractivity contribution in [2.75, 3.05) is 34.4 Å². The minimum atomic E-state index is -0.350. The van der Waals surface area contributed by atoms with Gasteiger partial charge in [-0.25, -0.2) is 0 Å². The molecule has 0 unspecified atom stereocenters. The lowest BCUT2D eigenvalue weighted by Crippen LogP contribution is -2.51. The van der Waals surface area contributed by atoms with Gasteiger partial charge in [0.1, 0.15) is 0 Å². The number of rotatable bonds is 7. The van der Waals surface area contributed by atoms with Crippen LogP contribution in [0.2, 0.25) is 0 Å². The van der Waals surface area contributed by atoms with E-state index in [2.05, 4.69) is 13.8 Å². The third-order valence-corrected chi connectivity index (χ3v) is 4.75. The number of carbonyl (C=O) groups excluding carboxylic acids is 2. The van der Waals surface area contributed by atoms with Gasteiger partial charge in [-0.2, -0.15) is 0 Å². The van der Waals surface area contributed by atoms with Crippen LogP contribution in [0.15, 0.2) is 0 Å². The lowest BCUT2D eigenvalue weighted by Gasteiger charge is -2.39.